The topological polar surface area (TPSA) is 45.2 Å². The summed E-state index contributed by atoms with van der Waals surface area (Å²) in [5.41, 5.74) is 2.43. The highest BCUT2D eigenvalue weighted by atomic mass is 16.1. The Morgan fingerprint density at radius 2 is 2.05 bits per heavy atom. The largest absolute Gasteiger partial charge is 0.364 e. The molecule has 0 unspecified atom stereocenters. The van der Waals surface area contributed by atoms with E-state index in [1.165, 1.54) is 6.42 Å². The van der Waals surface area contributed by atoms with E-state index >= 15 is 0 Å². The number of hydrogen-bond acceptors (Lipinski definition) is 4. The molecule has 2 bridgehead atoms. The molecule has 1 aromatic carbocycles. The second-order valence-electron chi connectivity index (χ2n) is 5.77. The number of nitrogens with one attached hydrogen (secondary N) is 1. The van der Waals surface area contributed by atoms with Crippen molar-refractivity contribution in [1.82, 2.24) is 10.3 Å². The lowest BCUT2D eigenvalue weighted by Crippen LogP contribution is -2.43. The maximum Gasteiger partial charge on any atom is 0.194 e. The van der Waals surface area contributed by atoms with E-state index in [4.69, 9.17) is 0 Å². The average molecular weight is 279 g/mol. The summed E-state index contributed by atoms with van der Waals surface area (Å²) in [5, 5.41) is 3.49. The van der Waals surface area contributed by atoms with Gasteiger partial charge in [-0.1, -0.05) is 30.3 Å². The molecule has 0 aliphatic carbocycles. The number of hydrogen-bond donors (Lipinski definition) is 1. The zero-order chi connectivity index (χ0) is 14.2. The van der Waals surface area contributed by atoms with Crippen molar-refractivity contribution in [3.8, 4) is 0 Å². The summed E-state index contributed by atoms with van der Waals surface area (Å²) < 4.78 is 0. The normalized spacial score (nSPS) is 23.5. The van der Waals surface area contributed by atoms with Crippen LogP contribution in [0.15, 0.2) is 48.8 Å². The molecule has 2 fully saturated rings. The Morgan fingerprint density at radius 1 is 1.19 bits per heavy atom. The van der Waals surface area contributed by atoms with Crippen LogP contribution in [0.25, 0.3) is 0 Å². The molecule has 2 aliphatic heterocycles. The number of benzene rings is 1. The predicted molar refractivity (Wildman–Crippen MR) is 81.7 cm³/mol. The van der Waals surface area contributed by atoms with Crippen LogP contribution < -0.4 is 10.2 Å². The van der Waals surface area contributed by atoms with Gasteiger partial charge in [0.15, 0.2) is 5.78 Å². The van der Waals surface area contributed by atoms with Gasteiger partial charge in [-0.25, -0.2) is 0 Å². The number of rotatable bonds is 3. The highest BCUT2D eigenvalue weighted by molar-refractivity contribution is 6.09. The van der Waals surface area contributed by atoms with Crippen LogP contribution >= 0.6 is 0 Å². The van der Waals surface area contributed by atoms with Crippen LogP contribution in [0.2, 0.25) is 0 Å². The first-order valence-electron chi connectivity index (χ1n) is 7.36. The number of anilines is 1. The van der Waals surface area contributed by atoms with E-state index in [1.54, 1.807) is 6.20 Å². The molecule has 2 saturated heterocycles. The van der Waals surface area contributed by atoms with Crippen molar-refractivity contribution in [3.63, 3.8) is 0 Å². The number of ketones is 1. The summed E-state index contributed by atoms with van der Waals surface area (Å²) >= 11 is 0. The van der Waals surface area contributed by atoms with Gasteiger partial charge in [0.25, 0.3) is 0 Å². The maximum absolute atomic E-state index is 12.5. The minimum atomic E-state index is 0.0347. The van der Waals surface area contributed by atoms with E-state index in [2.05, 4.69) is 15.2 Å². The molecule has 2 aliphatic rings. The van der Waals surface area contributed by atoms with Crippen molar-refractivity contribution >= 4 is 11.5 Å². The third-order valence-corrected chi connectivity index (χ3v) is 4.41. The Kier molecular flexibility index (Phi) is 2.97. The fourth-order valence-corrected chi connectivity index (χ4v) is 3.34. The van der Waals surface area contributed by atoms with Crippen LogP contribution in [0, 0.1) is 0 Å². The van der Waals surface area contributed by atoms with Crippen molar-refractivity contribution in [2.24, 2.45) is 0 Å². The lowest BCUT2D eigenvalue weighted by Gasteiger charge is -2.29. The summed E-state index contributed by atoms with van der Waals surface area (Å²) in [6.45, 7) is 2.04. The van der Waals surface area contributed by atoms with Gasteiger partial charge in [-0.3, -0.25) is 9.78 Å². The van der Waals surface area contributed by atoms with Crippen molar-refractivity contribution in [3.05, 3.63) is 59.9 Å². The molecule has 0 radical (unpaired) electrons. The molecule has 0 amide bonds. The molecule has 0 spiro atoms. The fraction of sp³-hybridized carbons (Fsp3) is 0.294. The Bertz CT molecular complexity index is 671. The van der Waals surface area contributed by atoms with Gasteiger partial charge >= 0.3 is 0 Å². The van der Waals surface area contributed by atoms with Gasteiger partial charge in [0.1, 0.15) is 0 Å². The van der Waals surface area contributed by atoms with E-state index in [0.717, 1.165) is 18.8 Å². The minimum Gasteiger partial charge on any atom is -0.364 e. The van der Waals surface area contributed by atoms with Crippen LogP contribution in [0.4, 0.5) is 5.69 Å². The van der Waals surface area contributed by atoms with Crippen LogP contribution in [-0.2, 0) is 0 Å². The van der Waals surface area contributed by atoms with Gasteiger partial charge in [-0.15, -0.1) is 0 Å². The molecule has 21 heavy (non-hydrogen) atoms. The Labute approximate surface area is 123 Å². The van der Waals surface area contributed by atoms with Crippen LogP contribution in [-0.4, -0.2) is 35.9 Å². The summed E-state index contributed by atoms with van der Waals surface area (Å²) in [5.74, 6) is 0.0347. The van der Waals surface area contributed by atoms with E-state index in [-0.39, 0.29) is 5.78 Å². The number of aromatic nitrogens is 1. The Hall–Kier alpha value is -2.20. The van der Waals surface area contributed by atoms with Crippen molar-refractivity contribution in [2.45, 2.75) is 18.5 Å². The standard InChI is InChI=1S/C17H17N3O/c21-17(12-4-2-1-3-5-12)13-6-15(9-18-8-13)20-11-14-7-16(20)10-19-14/h1-6,8-9,14,16,19H,7,10-11H2/t14-,16-/m1/s1. The number of fused-ring (bicyclic) bond motifs is 2. The monoisotopic (exact) mass is 279 g/mol. The molecule has 4 heteroatoms. The third kappa shape index (κ3) is 2.21. The zero-order valence-electron chi connectivity index (χ0n) is 11.7. The molecule has 0 saturated carbocycles. The smallest absolute Gasteiger partial charge is 0.194 e. The summed E-state index contributed by atoms with van der Waals surface area (Å²) in [6, 6.07) is 12.5. The SMILES string of the molecule is O=C(c1ccccc1)c1cncc(N2C[C@H]3C[C@@H]2CN3)c1. The van der Waals surface area contributed by atoms with Gasteiger partial charge < -0.3 is 10.2 Å². The number of carbonyl (C=O) groups is 1. The highest BCUT2D eigenvalue weighted by Crippen LogP contribution is 2.29. The summed E-state index contributed by atoms with van der Waals surface area (Å²) in [6.07, 6.45) is 4.71. The van der Waals surface area contributed by atoms with Gasteiger partial charge in [0.05, 0.1) is 11.9 Å². The van der Waals surface area contributed by atoms with Crippen molar-refractivity contribution in [1.29, 1.82) is 0 Å². The molecule has 1 aromatic heterocycles. The van der Waals surface area contributed by atoms with Crippen LogP contribution in [0.1, 0.15) is 22.3 Å². The first-order chi connectivity index (χ1) is 10.3. The quantitative estimate of drug-likeness (QED) is 0.871. The van der Waals surface area contributed by atoms with Crippen LogP contribution in [0.5, 0.6) is 0 Å². The molecular formula is C17H17N3O. The van der Waals surface area contributed by atoms with Crippen LogP contribution in [0.3, 0.4) is 0 Å². The second-order valence-corrected chi connectivity index (χ2v) is 5.77. The van der Waals surface area contributed by atoms with Gasteiger partial charge in [0.2, 0.25) is 0 Å². The summed E-state index contributed by atoms with van der Waals surface area (Å²) in [7, 11) is 0. The Morgan fingerprint density at radius 3 is 2.76 bits per heavy atom. The molecule has 4 rings (SSSR count). The molecule has 106 valence electrons. The number of piperazine rings is 1. The third-order valence-electron chi connectivity index (χ3n) is 4.41. The van der Waals surface area contributed by atoms with E-state index in [9.17, 15) is 4.79 Å². The molecule has 4 nitrogen and oxygen atoms in total. The first-order valence-corrected chi connectivity index (χ1v) is 7.36. The number of carbonyl (C=O) groups excluding carboxylic acids is 1. The zero-order valence-corrected chi connectivity index (χ0v) is 11.7. The fourth-order valence-electron chi connectivity index (χ4n) is 3.34. The molecule has 3 heterocycles. The maximum atomic E-state index is 12.5. The number of pyridine rings is 1. The summed E-state index contributed by atoms with van der Waals surface area (Å²) in [4.78, 5) is 19.1. The first kappa shape index (κ1) is 12.5. The van der Waals surface area contributed by atoms with E-state index in [0.29, 0.717) is 23.2 Å². The lowest BCUT2D eigenvalue weighted by molar-refractivity contribution is 0.103. The van der Waals surface area contributed by atoms with Gasteiger partial charge in [-0.2, -0.15) is 0 Å². The van der Waals surface area contributed by atoms with Gasteiger partial charge in [0, 0.05) is 42.5 Å². The van der Waals surface area contributed by atoms with Gasteiger partial charge in [-0.05, 0) is 12.5 Å². The molecule has 2 atom stereocenters. The molecule has 1 N–H and O–H groups in total. The number of nitrogens with zero attached hydrogens (tertiary/aromatic N) is 2. The molecular weight excluding hydrogens is 262 g/mol. The minimum absolute atomic E-state index is 0.0347. The molecule has 2 aromatic rings. The van der Waals surface area contributed by atoms with Crippen molar-refractivity contribution < 1.29 is 4.79 Å². The van der Waals surface area contributed by atoms with Crippen molar-refractivity contribution in [2.75, 3.05) is 18.0 Å². The van der Waals surface area contributed by atoms with E-state index < -0.39 is 0 Å². The predicted octanol–water partition coefficient (Wildman–Crippen LogP) is 1.86. The second kappa shape index (κ2) is 4.97. The lowest BCUT2D eigenvalue weighted by atomic mass is 10.0. The van der Waals surface area contributed by atoms with E-state index in [1.807, 2.05) is 42.6 Å². The average Bonchev–Trinajstić information content (AvgIpc) is 3.18. The Balaban J connectivity index is 1.63. The highest BCUT2D eigenvalue weighted by Gasteiger charge is 2.37.